The van der Waals surface area contributed by atoms with Gasteiger partial charge in [-0.25, -0.2) is 0 Å². The van der Waals surface area contributed by atoms with Gasteiger partial charge in [0, 0.05) is 44.6 Å². The van der Waals surface area contributed by atoms with Crippen LogP contribution in [0.3, 0.4) is 0 Å². The summed E-state index contributed by atoms with van der Waals surface area (Å²) >= 11 is 5.86. The summed E-state index contributed by atoms with van der Waals surface area (Å²) < 4.78 is 2.08. The molecule has 23 heavy (non-hydrogen) atoms. The van der Waals surface area contributed by atoms with Gasteiger partial charge in [0.05, 0.1) is 12.6 Å². The molecule has 0 saturated heterocycles. The molecule has 1 aromatic carbocycles. The van der Waals surface area contributed by atoms with Gasteiger partial charge in [0.1, 0.15) is 0 Å². The standard InChI is InChI=1S/C17H23ClN4O/c1-19-17(22(3)12-15-5-4-10-21(15)2)20-11-16(23)13-6-8-14(18)9-7-13/h4-10,16,23H,11-12H2,1-3H3,(H,19,20). The van der Waals surface area contributed by atoms with Gasteiger partial charge < -0.3 is 19.9 Å². The Labute approximate surface area is 142 Å². The van der Waals surface area contributed by atoms with Crippen molar-refractivity contribution in [1.29, 1.82) is 0 Å². The molecule has 0 bridgehead atoms. The first-order chi connectivity index (χ1) is 11.0. The van der Waals surface area contributed by atoms with E-state index < -0.39 is 6.10 Å². The SMILES string of the molecule is CN=C(NCC(O)c1ccc(Cl)cc1)N(C)Cc1cccn1C. The molecule has 2 rings (SSSR count). The highest BCUT2D eigenvalue weighted by Gasteiger charge is 2.12. The number of hydrogen-bond acceptors (Lipinski definition) is 2. The van der Waals surface area contributed by atoms with Crippen molar-refractivity contribution in [1.82, 2.24) is 14.8 Å². The number of nitrogens with zero attached hydrogens (tertiary/aromatic N) is 3. The molecule has 0 radical (unpaired) electrons. The number of hydrogen-bond donors (Lipinski definition) is 2. The van der Waals surface area contributed by atoms with Gasteiger partial charge in [-0.3, -0.25) is 4.99 Å². The minimum Gasteiger partial charge on any atom is -0.387 e. The van der Waals surface area contributed by atoms with Crippen molar-refractivity contribution < 1.29 is 5.11 Å². The average molecular weight is 335 g/mol. The largest absolute Gasteiger partial charge is 0.387 e. The van der Waals surface area contributed by atoms with Crippen LogP contribution in [-0.2, 0) is 13.6 Å². The highest BCUT2D eigenvalue weighted by atomic mass is 35.5. The maximum Gasteiger partial charge on any atom is 0.193 e. The Kier molecular flexibility index (Phi) is 6.07. The fourth-order valence-electron chi connectivity index (χ4n) is 2.35. The van der Waals surface area contributed by atoms with Crippen LogP contribution in [0.1, 0.15) is 17.4 Å². The quantitative estimate of drug-likeness (QED) is 0.652. The fourth-order valence-corrected chi connectivity index (χ4v) is 2.48. The van der Waals surface area contributed by atoms with Crippen molar-refractivity contribution in [3.8, 4) is 0 Å². The van der Waals surface area contributed by atoms with Gasteiger partial charge in [-0.15, -0.1) is 0 Å². The summed E-state index contributed by atoms with van der Waals surface area (Å²) in [5.41, 5.74) is 2.01. The minimum absolute atomic E-state index is 0.381. The van der Waals surface area contributed by atoms with E-state index in [2.05, 4.69) is 20.9 Å². The van der Waals surface area contributed by atoms with E-state index in [0.29, 0.717) is 11.6 Å². The minimum atomic E-state index is -0.618. The van der Waals surface area contributed by atoms with Gasteiger partial charge in [-0.2, -0.15) is 0 Å². The summed E-state index contributed by atoms with van der Waals surface area (Å²) in [5.74, 6) is 0.735. The Morgan fingerprint density at radius 3 is 2.61 bits per heavy atom. The molecule has 0 aliphatic rings. The zero-order valence-electron chi connectivity index (χ0n) is 13.7. The number of aliphatic hydroxyl groups is 1. The molecule has 124 valence electrons. The molecule has 2 aromatic rings. The van der Waals surface area contributed by atoms with E-state index in [1.165, 1.54) is 5.69 Å². The van der Waals surface area contributed by atoms with Gasteiger partial charge in [0.2, 0.25) is 0 Å². The Balaban J connectivity index is 1.91. The van der Waals surface area contributed by atoms with Crippen molar-refractivity contribution in [3.63, 3.8) is 0 Å². The van der Waals surface area contributed by atoms with Crippen LogP contribution in [0.15, 0.2) is 47.6 Å². The van der Waals surface area contributed by atoms with Crippen LogP contribution in [0.4, 0.5) is 0 Å². The zero-order chi connectivity index (χ0) is 16.8. The molecule has 0 fully saturated rings. The summed E-state index contributed by atoms with van der Waals surface area (Å²) in [5, 5.41) is 14.1. The highest BCUT2D eigenvalue weighted by Crippen LogP contribution is 2.15. The summed E-state index contributed by atoms with van der Waals surface area (Å²) in [7, 11) is 5.72. The molecule has 0 aliphatic heterocycles. The van der Waals surface area contributed by atoms with Crippen LogP contribution in [0.25, 0.3) is 0 Å². The number of aliphatic imine (C=N–C) groups is 1. The van der Waals surface area contributed by atoms with Crippen molar-refractivity contribution in [3.05, 3.63) is 58.9 Å². The number of aryl methyl sites for hydroxylation is 1. The topological polar surface area (TPSA) is 52.8 Å². The summed E-state index contributed by atoms with van der Waals surface area (Å²) in [6.07, 6.45) is 1.40. The summed E-state index contributed by atoms with van der Waals surface area (Å²) in [6.45, 7) is 1.12. The fraction of sp³-hybridized carbons (Fsp3) is 0.353. The molecule has 0 spiro atoms. The smallest absolute Gasteiger partial charge is 0.193 e. The van der Waals surface area contributed by atoms with Crippen molar-refractivity contribution in [2.75, 3.05) is 20.6 Å². The van der Waals surface area contributed by atoms with E-state index in [1.54, 1.807) is 19.2 Å². The highest BCUT2D eigenvalue weighted by molar-refractivity contribution is 6.30. The van der Waals surface area contributed by atoms with E-state index in [4.69, 9.17) is 11.6 Å². The zero-order valence-corrected chi connectivity index (χ0v) is 14.5. The van der Waals surface area contributed by atoms with E-state index >= 15 is 0 Å². The Morgan fingerprint density at radius 1 is 1.35 bits per heavy atom. The van der Waals surface area contributed by atoms with Crippen LogP contribution in [0.2, 0.25) is 5.02 Å². The number of guanidine groups is 1. The first kappa shape index (κ1) is 17.4. The molecule has 1 atom stereocenters. The Morgan fingerprint density at radius 2 is 2.04 bits per heavy atom. The third kappa shape index (κ3) is 4.74. The molecular weight excluding hydrogens is 312 g/mol. The number of benzene rings is 1. The monoisotopic (exact) mass is 334 g/mol. The first-order valence-corrected chi connectivity index (χ1v) is 7.84. The lowest BCUT2D eigenvalue weighted by Gasteiger charge is -2.23. The van der Waals surface area contributed by atoms with Gasteiger partial charge >= 0.3 is 0 Å². The van der Waals surface area contributed by atoms with Crippen molar-refractivity contribution >= 4 is 17.6 Å². The van der Waals surface area contributed by atoms with Gasteiger partial charge in [-0.05, 0) is 29.8 Å². The van der Waals surface area contributed by atoms with Crippen molar-refractivity contribution in [2.24, 2.45) is 12.0 Å². The number of rotatable bonds is 5. The van der Waals surface area contributed by atoms with Crippen LogP contribution < -0.4 is 5.32 Å². The van der Waals surface area contributed by atoms with E-state index in [9.17, 15) is 5.11 Å². The second-order valence-corrected chi connectivity index (χ2v) is 5.90. The number of halogens is 1. The summed E-state index contributed by atoms with van der Waals surface area (Å²) in [6, 6.07) is 11.3. The maximum absolute atomic E-state index is 10.3. The molecule has 5 nitrogen and oxygen atoms in total. The van der Waals surface area contributed by atoms with Gasteiger partial charge in [-0.1, -0.05) is 23.7 Å². The molecule has 0 aliphatic carbocycles. The molecule has 0 saturated carbocycles. The second kappa shape index (κ2) is 8.04. The Bertz CT molecular complexity index is 651. The number of nitrogens with one attached hydrogen (secondary N) is 1. The van der Waals surface area contributed by atoms with Crippen LogP contribution >= 0.6 is 11.6 Å². The van der Waals surface area contributed by atoms with E-state index in [1.807, 2.05) is 43.4 Å². The molecule has 2 N–H and O–H groups in total. The number of aromatic nitrogens is 1. The Hall–Kier alpha value is -1.98. The lowest BCUT2D eigenvalue weighted by molar-refractivity contribution is 0.179. The van der Waals surface area contributed by atoms with Crippen molar-refractivity contribution in [2.45, 2.75) is 12.6 Å². The lowest BCUT2D eigenvalue weighted by Crippen LogP contribution is -2.40. The van der Waals surface area contributed by atoms with E-state index in [0.717, 1.165) is 18.1 Å². The second-order valence-electron chi connectivity index (χ2n) is 5.46. The van der Waals surface area contributed by atoms with Gasteiger partial charge in [0.25, 0.3) is 0 Å². The average Bonchev–Trinajstić information content (AvgIpc) is 2.93. The predicted octanol–water partition coefficient (Wildman–Crippen LogP) is 2.42. The van der Waals surface area contributed by atoms with Crippen LogP contribution in [0.5, 0.6) is 0 Å². The van der Waals surface area contributed by atoms with Gasteiger partial charge in [0.15, 0.2) is 5.96 Å². The van der Waals surface area contributed by atoms with Crippen LogP contribution in [-0.4, -0.2) is 41.2 Å². The normalized spacial score (nSPS) is 13.0. The third-order valence-corrected chi connectivity index (χ3v) is 3.98. The third-order valence-electron chi connectivity index (χ3n) is 3.73. The molecule has 1 unspecified atom stereocenters. The molecule has 1 aromatic heterocycles. The first-order valence-electron chi connectivity index (χ1n) is 7.46. The molecule has 1 heterocycles. The van der Waals surface area contributed by atoms with Crippen LogP contribution in [0, 0.1) is 0 Å². The summed E-state index contributed by atoms with van der Waals surface area (Å²) in [4.78, 5) is 6.29. The number of aliphatic hydroxyl groups excluding tert-OH is 1. The molecule has 0 amide bonds. The lowest BCUT2D eigenvalue weighted by atomic mass is 10.1. The van der Waals surface area contributed by atoms with E-state index in [-0.39, 0.29) is 0 Å². The predicted molar refractivity (Wildman–Crippen MR) is 94.7 cm³/mol. The maximum atomic E-state index is 10.3. The molecular formula is C17H23ClN4O. The molecule has 6 heteroatoms.